The van der Waals surface area contributed by atoms with Crippen molar-refractivity contribution in [2.75, 3.05) is 6.61 Å². The van der Waals surface area contributed by atoms with Crippen LogP contribution >= 0.6 is 11.6 Å². The zero-order chi connectivity index (χ0) is 15.3. The predicted molar refractivity (Wildman–Crippen MR) is 83.7 cm³/mol. The smallest absolute Gasteiger partial charge is 0.141 e. The van der Waals surface area contributed by atoms with Gasteiger partial charge in [0.25, 0.3) is 0 Å². The van der Waals surface area contributed by atoms with Gasteiger partial charge >= 0.3 is 0 Å². The van der Waals surface area contributed by atoms with Crippen molar-refractivity contribution in [3.8, 4) is 0 Å². The van der Waals surface area contributed by atoms with E-state index in [2.05, 4.69) is 5.43 Å². The second-order valence-corrected chi connectivity index (χ2v) is 6.14. The molecular weight excluding hydrogens is 291 g/mol. The fraction of sp³-hybridized carbons (Fsp3) is 0.625. The number of hydrogen-bond acceptors (Lipinski definition) is 3. The molecule has 0 aromatic heterocycles. The van der Waals surface area contributed by atoms with E-state index < -0.39 is 5.82 Å². The molecule has 1 aromatic rings. The van der Waals surface area contributed by atoms with Gasteiger partial charge in [-0.05, 0) is 43.9 Å². The predicted octanol–water partition coefficient (Wildman–Crippen LogP) is 3.59. The fourth-order valence-electron chi connectivity index (χ4n) is 3.33. The summed E-state index contributed by atoms with van der Waals surface area (Å²) in [7, 11) is 0. The Morgan fingerprint density at radius 1 is 1.38 bits per heavy atom. The highest BCUT2D eigenvalue weighted by Gasteiger charge is 2.40. The SMILES string of the molecule is CCOC1(C(Cc2ccc(F)c(Cl)c2)NN)CCCCC1. The Morgan fingerprint density at radius 2 is 2.10 bits per heavy atom. The maximum absolute atomic E-state index is 13.3. The Labute approximate surface area is 131 Å². The van der Waals surface area contributed by atoms with E-state index in [1.165, 1.54) is 12.5 Å². The Morgan fingerprint density at radius 3 is 2.67 bits per heavy atom. The van der Waals surface area contributed by atoms with E-state index in [4.69, 9.17) is 22.2 Å². The van der Waals surface area contributed by atoms with Crippen molar-refractivity contribution in [2.24, 2.45) is 5.84 Å². The van der Waals surface area contributed by atoms with Crippen LogP contribution in [0.3, 0.4) is 0 Å². The normalized spacial score (nSPS) is 19.4. The minimum atomic E-state index is -0.394. The summed E-state index contributed by atoms with van der Waals surface area (Å²) in [5, 5.41) is 0.150. The summed E-state index contributed by atoms with van der Waals surface area (Å²) in [4.78, 5) is 0. The average molecular weight is 315 g/mol. The Kier molecular flexibility index (Phi) is 5.99. The molecule has 1 saturated carbocycles. The largest absolute Gasteiger partial charge is 0.374 e. The molecular formula is C16H24ClFN2O. The molecule has 0 aliphatic heterocycles. The van der Waals surface area contributed by atoms with Crippen LogP contribution in [0.1, 0.15) is 44.6 Å². The number of nitrogens with two attached hydrogens (primary N) is 1. The maximum atomic E-state index is 13.3. The summed E-state index contributed by atoms with van der Waals surface area (Å²) in [6, 6.07) is 4.83. The molecule has 5 heteroatoms. The van der Waals surface area contributed by atoms with Crippen LogP contribution in [0, 0.1) is 5.82 Å². The van der Waals surface area contributed by atoms with Crippen molar-refractivity contribution >= 4 is 11.6 Å². The van der Waals surface area contributed by atoms with E-state index in [-0.39, 0.29) is 16.7 Å². The van der Waals surface area contributed by atoms with Gasteiger partial charge in [0.05, 0.1) is 16.7 Å². The monoisotopic (exact) mass is 314 g/mol. The lowest BCUT2D eigenvalue weighted by atomic mass is 9.77. The molecule has 0 saturated heterocycles. The zero-order valence-corrected chi connectivity index (χ0v) is 13.3. The van der Waals surface area contributed by atoms with Gasteiger partial charge in [0, 0.05) is 6.61 Å². The summed E-state index contributed by atoms with van der Waals surface area (Å²) in [6.45, 7) is 2.68. The minimum absolute atomic E-state index is 0.000669. The van der Waals surface area contributed by atoms with Gasteiger partial charge < -0.3 is 4.74 Å². The third kappa shape index (κ3) is 3.95. The number of hydrazine groups is 1. The quantitative estimate of drug-likeness (QED) is 0.623. The van der Waals surface area contributed by atoms with E-state index in [0.717, 1.165) is 31.2 Å². The molecule has 3 N–H and O–H groups in total. The molecule has 1 fully saturated rings. The molecule has 0 heterocycles. The number of halogens is 2. The standard InChI is InChI=1S/C16H24ClFN2O/c1-2-21-16(8-4-3-5-9-16)15(20-19)11-12-6-7-14(18)13(17)10-12/h6-7,10,15,20H,2-5,8-9,11,19H2,1H3. The van der Waals surface area contributed by atoms with Crippen LogP contribution < -0.4 is 11.3 Å². The molecule has 1 aliphatic rings. The first-order chi connectivity index (χ1) is 10.1. The number of ether oxygens (including phenoxy) is 1. The molecule has 21 heavy (non-hydrogen) atoms. The van der Waals surface area contributed by atoms with E-state index in [0.29, 0.717) is 13.0 Å². The van der Waals surface area contributed by atoms with Crippen LogP contribution in [0.4, 0.5) is 4.39 Å². The summed E-state index contributed by atoms with van der Waals surface area (Å²) in [5.41, 5.74) is 3.65. The van der Waals surface area contributed by atoms with E-state index >= 15 is 0 Å². The zero-order valence-electron chi connectivity index (χ0n) is 12.5. The first-order valence-corrected chi connectivity index (χ1v) is 8.03. The number of benzene rings is 1. The summed E-state index contributed by atoms with van der Waals surface area (Å²) >= 11 is 5.86. The number of hydrogen-bond donors (Lipinski definition) is 2. The summed E-state index contributed by atoms with van der Waals surface area (Å²) < 4.78 is 19.4. The van der Waals surface area contributed by atoms with E-state index in [9.17, 15) is 4.39 Å². The van der Waals surface area contributed by atoms with Gasteiger partial charge in [-0.1, -0.05) is 36.9 Å². The van der Waals surface area contributed by atoms with Gasteiger partial charge in [-0.2, -0.15) is 0 Å². The second kappa shape index (κ2) is 7.54. The van der Waals surface area contributed by atoms with Gasteiger partial charge in [-0.25, -0.2) is 4.39 Å². The third-order valence-electron chi connectivity index (χ3n) is 4.39. The molecule has 0 spiro atoms. The van der Waals surface area contributed by atoms with Gasteiger partial charge in [-0.3, -0.25) is 11.3 Å². The lowest BCUT2D eigenvalue weighted by Gasteiger charge is -2.43. The highest BCUT2D eigenvalue weighted by atomic mass is 35.5. The van der Waals surface area contributed by atoms with Gasteiger partial charge in [0.15, 0.2) is 0 Å². The summed E-state index contributed by atoms with van der Waals surface area (Å²) in [6.07, 6.45) is 6.24. The Bertz CT molecular complexity index is 458. The van der Waals surface area contributed by atoms with Crippen molar-refractivity contribution in [1.29, 1.82) is 0 Å². The number of nitrogens with one attached hydrogen (secondary N) is 1. The molecule has 0 amide bonds. The fourth-order valence-corrected chi connectivity index (χ4v) is 3.53. The highest BCUT2D eigenvalue weighted by Crippen LogP contribution is 2.36. The summed E-state index contributed by atoms with van der Waals surface area (Å²) in [5.74, 6) is 5.40. The maximum Gasteiger partial charge on any atom is 0.141 e. The molecule has 0 radical (unpaired) electrons. The third-order valence-corrected chi connectivity index (χ3v) is 4.68. The van der Waals surface area contributed by atoms with Gasteiger partial charge in [0.1, 0.15) is 5.82 Å². The van der Waals surface area contributed by atoms with E-state index in [1.54, 1.807) is 12.1 Å². The molecule has 118 valence electrons. The van der Waals surface area contributed by atoms with Crippen molar-refractivity contribution in [1.82, 2.24) is 5.43 Å². The minimum Gasteiger partial charge on any atom is -0.374 e. The lowest BCUT2D eigenvalue weighted by molar-refractivity contribution is -0.0898. The van der Waals surface area contributed by atoms with Crippen molar-refractivity contribution in [3.63, 3.8) is 0 Å². The average Bonchev–Trinajstić information content (AvgIpc) is 2.49. The molecule has 1 atom stereocenters. The van der Waals surface area contributed by atoms with Crippen molar-refractivity contribution < 1.29 is 9.13 Å². The van der Waals surface area contributed by atoms with Crippen molar-refractivity contribution in [2.45, 2.75) is 57.1 Å². The molecule has 3 nitrogen and oxygen atoms in total. The van der Waals surface area contributed by atoms with Crippen LogP contribution in [0.5, 0.6) is 0 Å². The van der Waals surface area contributed by atoms with Crippen LogP contribution in [0.25, 0.3) is 0 Å². The lowest BCUT2D eigenvalue weighted by Crippen LogP contribution is -2.57. The molecule has 2 rings (SSSR count). The van der Waals surface area contributed by atoms with Crippen molar-refractivity contribution in [3.05, 3.63) is 34.6 Å². The van der Waals surface area contributed by atoms with Crippen LogP contribution in [0.2, 0.25) is 5.02 Å². The molecule has 0 bridgehead atoms. The van der Waals surface area contributed by atoms with Crippen LogP contribution in [0.15, 0.2) is 18.2 Å². The van der Waals surface area contributed by atoms with Crippen LogP contribution in [-0.2, 0) is 11.2 Å². The Hall–Kier alpha value is -0.680. The second-order valence-electron chi connectivity index (χ2n) is 5.73. The van der Waals surface area contributed by atoms with Gasteiger partial charge in [-0.15, -0.1) is 0 Å². The van der Waals surface area contributed by atoms with E-state index in [1.807, 2.05) is 6.92 Å². The topological polar surface area (TPSA) is 47.3 Å². The van der Waals surface area contributed by atoms with Crippen LogP contribution in [-0.4, -0.2) is 18.2 Å². The molecule has 1 aliphatic carbocycles. The number of rotatable bonds is 6. The Balaban J connectivity index is 2.17. The first kappa shape index (κ1) is 16.7. The van der Waals surface area contributed by atoms with Gasteiger partial charge in [0.2, 0.25) is 0 Å². The molecule has 1 unspecified atom stereocenters. The molecule has 1 aromatic carbocycles. The first-order valence-electron chi connectivity index (χ1n) is 7.65. The highest BCUT2D eigenvalue weighted by molar-refractivity contribution is 6.30.